The summed E-state index contributed by atoms with van der Waals surface area (Å²) in [6.45, 7) is 3.71. The standard InChI is InChI=1S/C16H14ClN5O2S/c1-2-7-25-16-21-20-13(8-11-9-14(23)19-15(24)18-11)22(16)12-5-3-10(17)4-6-12/h2-6,9H,1,7-8H2,(H2,18,19,23,24). The van der Waals surface area contributed by atoms with Crippen LogP contribution in [0.2, 0.25) is 5.02 Å². The highest BCUT2D eigenvalue weighted by Gasteiger charge is 2.15. The highest BCUT2D eigenvalue weighted by molar-refractivity contribution is 7.99. The molecule has 0 saturated heterocycles. The third-order valence-electron chi connectivity index (χ3n) is 3.28. The minimum Gasteiger partial charge on any atom is -0.311 e. The summed E-state index contributed by atoms with van der Waals surface area (Å²) in [4.78, 5) is 27.7. The van der Waals surface area contributed by atoms with Gasteiger partial charge in [0, 0.05) is 34.6 Å². The third kappa shape index (κ3) is 4.09. The number of nitrogens with zero attached hydrogens (tertiary/aromatic N) is 3. The van der Waals surface area contributed by atoms with Gasteiger partial charge in [0.2, 0.25) is 0 Å². The molecule has 2 heterocycles. The molecule has 0 aliphatic heterocycles. The van der Waals surface area contributed by atoms with Crippen molar-refractivity contribution in [3.63, 3.8) is 0 Å². The Morgan fingerprint density at radius 1 is 1.20 bits per heavy atom. The fraction of sp³-hybridized carbons (Fsp3) is 0.125. The van der Waals surface area contributed by atoms with Gasteiger partial charge in [-0.2, -0.15) is 0 Å². The van der Waals surface area contributed by atoms with Gasteiger partial charge in [-0.3, -0.25) is 14.3 Å². The lowest BCUT2D eigenvalue weighted by Crippen LogP contribution is -2.23. The molecule has 2 aromatic heterocycles. The van der Waals surface area contributed by atoms with Crippen molar-refractivity contribution in [2.24, 2.45) is 0 Å². The van der Waals surface area contributed by atoms with Gasteiger partial charge >= 0.3 is 5.69 Å². The average Bonchev–Trinajstić information content (AvgIpc) is 2.95. The van der Waals surface area contributed by atoms with Crippen LogP contribution in [0.4, 0.5) is 0 Å². The highest BCUT2D eigenvalue weighted by Crippen LogP contribution is 2.24. The molecule has 3 aromatic rings. The summed E-state index contributed by atoms with van der Waals surface area (Å²) in [5, 5.41) is 9.73. The maximum atomic E-state index is 11.5. The zero-order valence-corrected chi connectivity index (χ0v) is 14.6. The van der Waals surface area contributed by atoms with Crippen LogP contribution in [0.1, 0.15) is 11.5 Å². The molecule has 0 aliphatic carbocycles. The lowest BCUT2D eigenvalue weighted by molar-refractivity contribution is 0.830. The zero-order valence-electron chi connectivity index (χ0n) is 13.0. The maximum Gasteiger partial charge on any atom is 0.325 e. The molecular weight excluding hydrogens is 362 g/mol. The summed E-state index contributed by atoms with van der Waals surface area (Å²) in [6.07, 6.45) is 2.03. The van der Waals surface area contributed by atoms with Crippen molar-refractivity contribution >= 4 is 23.4 Å². The summed E-state index contributed by atoms with van der Waals surface area (Å²) in [7, 11) is 0. The van der Waals surface area contributed by atoms with Gasteiger partial charge in [-0.15, -0.1) is 16.8 Å². The SMILES string of the molecule is C=CCSc1nnc(Cc2cc(=O)[nH]c(=O)[nH]2)n1-c1ccc(Cl)cc1. The number of H-pyrrole nitrogens is 2. The number of aromatic amines is 2. The van der Waals surface area contributed by atoms with Gasteiger partial charge in [-0.1, -0.05) is 29.4 Å². The van der Waals surface area contributed by atoms with Crippen LogP contribution in [0.3, 0.4) is 0 Å². The Morgan fingerprint density at radius 3 is 2.64 bits per heavy atom. The van der Waals surface area contributed by atoms with Crippen LogP contribution in [0, 0.1) is 0 Å². The number of benzene rings is 1. The Bertz CT molecular complexity index is 978. The second kappa shape index (κ2) is 7.54. The molecule has 9 heteroatoms. The number of nitrogens with one attached hydrogen (secondary N) is 2. The first kappa shape index (κ1) is 17.2. The summed E-state index contributed by atoms with van der Waals surface area (Å²) < 4.78 is 1.87. The van der Waals surface area contributed by atoms with E-state index in [9.17, 15) is 9.59 Å². The molecule has 25 heavy (non-hydrogen) atoms. The van der Waals surface area contributed by atoms with Crippen molar-refractivity contribution < 1.29 is 0 Å². The van der Waals surface area contributed by atoms with E-state index in [-0.39, 0.29) is 6.42 Å². The summed E-state index contributed by atoms with van der Waals surface area (Å²) >= 11 is 7.45. The van der Waals surface area contributed by atoms with Crippen molar-refractivity contribution in [1.29, 1.82) is 0 Å². The largest absolute Gasteiger partial charge is 0.325 e. The Balaban J connectivity index is 2.05. The smallest absolute Gasteiger partial charge is 0.311 e. The molecule has 0 bridgehead atoms. The van der Waals surface area contributed by atoms with Gasteiger partial charge in [0.05, 0.1) is 0 Å². The van der Waals surface area contributed by atoms with E-state index >= 15 is 0 Å². The molecule has 0 unspecified atom stereocenters. The molecule has 0 aliphatic rings. The van der Waals surface area contributed by atoms with Crippen LogP contribution in [0.15, 0.2) is 57.7 Å². The molecule has 128 valence electrons. The molecule has 0 radical (unpaired) electrons. The third-order valence-corrected chi connectivity index (χ3v) is 4.46. The van der Waals surface area contributed by atoms with E-state index in [1.807, 2.05) is 16.7 Å². The molecule has 0 amide bonds. The molecule has 3 rings (SSSR count). The molecule has 0 spiro atoms. The van der Waals surface area contributed by atoms with Crippen LogP contribution in [0.25, 0.3) is 5.69 Å². The van der Waals surface area contributed by atoms with Crippen LogP contribution in [-0.2, 0) is 6.42 Å². The Morgan fingerprint density at radius 2 is 1.96 bits per heavy atom. The topological polar surface area (TPSA) is 96.4 Å². The fourth-order valence-corrected chi connectivity index (χ4v) is 3.11. The highest BCUT2D eigenvalue weighted by atomic mass is 35.5. The first-order valence-electron chi connectivity index (χ1n) is 7.33. The normalized spacial score (nSPS) is 10.8. The predicted molar refractivity (Wildman–Crippen MR) is 97.8 cm³/mol. The van der Waals surface area contributed by atoms with Crippen molar-refractivity contribution in [3.05, 3.63) is 80.4 Å². The van der Waals surface area contributed by atoms with E-state index in [0.717, 1.165) is 5.69 Å². The summed E-state index contributed by atoms with van der Waals surface area (Å²) in [5.41, 5.74) is 0.277. The molecule has 7 nitrogen and oxygen atoms in total. The Hall–Kier alpha value is -2.58. The zero-order chi connectivity index (χ0) is 17.8. The second-order valence-electron chi connectivity index (χ2n) is 5.10. The van der Waals surface area contributed by atoms with Crippen LogP contribution >= 0.6 is 23.4 Å². The van der Waals surface area contributed by atoms with Gasteiger partial charge in [-0.25, -0.2) is 4.79 Å². The van der Waals surface area contributed by atoms with E-state index in [1.165, 1.54) is 17.8 Å². The van der Waals surface area contributed by atoms with E-state index in [1.54, 1.807) is 18.2 Å². The molecule has 1 aromatic carbocycles. The number of aromatic nitrogens is 5. The molecular formula is C16H14ClN5O2S. The van der Waals surface area contributed by atoms with E-state index in [2.05, 4.69) is 26.7 Å². The van der Waals surface area contributed by atoms with Gasteiger partial charge < -0.3 is 4.98 Å². The fourth-order valence-electron chi connectivity index (χ4n) is 2.28. The van der Waals surface area contributed by atoms with E-state index in [0.29, 0.717) is 27.5 Å². The first-order valence-corrected chi connectivity index (χ1v) is 8.69. The van der Waals surface area contributed by atoms with E-state index in [4.69, 9.17) is 11.6 Å². The van der Waals surface area contributed by atoms with Crippen LogP contribution < -0.4 is 11.2 Å². The van der Waals surface area contributed by atoms with Crippen molar-refractivity contribution in [2.45, 2.75) is 11.6 Å². The van der Waals surface area contributed by atoms with Gasteiger partial charge in [0.1, 0.15) is 5.82 Å². The van der Waals surface area contributed by atoms with Crippen LogP contribution in [0.5, 0.6) is 0 Å². The van der Waals surface area contributed by atoms with Crippen molar-refractivity contribution in [1.82, 2.24) is 24.7 Å². The number of thioether (sulfide) groups is 1. The maximum absolute atomic E-state index is 11.5. The monoisotopic (exact) mass is 375 g/mol. The number of rotatable bonds is 6. The molecule has 2 N–H and O–H groups in total. The Labute approximate surface area is 151 Å². The summed E-state index contributed by atoms with van der Waals surface area (Å²) in [6, 6.07) is 8.59. The van der Waals surface area contributed by atoms with Gasteiger partial charge in [0.15, 0.2) is 5.16 Å². The average molecular weight is 376 g/mol. The van der Waals surface area contributed by atoms with Gasteiger partial charge in [-0.05, 0) is 24.3 Å². The van der Waals surface area contributed by atoms with Crippen molar-refractivity contribution in [3.8, 4) is 5.69 Å². The van der Waals surface area contributed by atoms with E-state index < -0.39 is 11.2 Å². The second-order valence-corrected chi connectivity index (χ2v) is 6.52. The molecule has 0 atom stereocenters. The number of hydrogen-bond acceptors (Lipinski definition) is 5. The molecule has 0 saturated carbocycles. The quantitative estimate of drug-likeness (QED) is 0.508. The number of hydrogen-bond donors (Lipinski definition) is 2. The number of halogens is 1. The first-order chi connectivity index (χ1) is 12.1. The lowest BCUT2D eigenvalue weighted by Gasteiger charge is -2.10. The Kier molecular flexibility index (Phi) is 5.20. The minimum absolute atomic E-state index is 0.253. The van der Waals surface area contributed by atoms with Gasteiger partial charge in [0.25, 0.3) is 5.56 Å². The minimum atomic E-state index is -0.554. The molecule has 0 fully saturated rings. The lowest BCUT2D eigenvalue weighted by atomic mass is 10.2. The summed E-state index contributed by atoms with van der Waals surface area (Å²) in [5.74, 6) is 1.27. The van der Waals surface area contributed by atoms with Crippen molar-refractivity contribution in [2.75, 3.05) is 5.75 Å². The van der Waals surface area contributed by atoms with Crippen LogP contribution in [-0.4, -0.2) is 30.5 Å². The predicted octanol–water partition coefficient (Wildman–Crippen LogP) is 2.17.